The molecule has 1 amide bonds. The van der Waals surface area contributed by atoms with Gasteiger partial charge in [0, 0.05) is 11.0 Å². The fourth-order valence-corrected chi connectivity index (χ4v) is 4.89. The van der Waals surface area contributed by atoms with Crippen molar-refractivity contribution in [3.63, 3.8) is 0 Å². The van der Waals surface area contributed by atoms with Gasteiger partial charge in [-0.25, -0.2) is 0 Å². The predicted molar refractivity (Wildman–Crippen MR) is 82.1 cm³/mol. The fourth-order valence-electron chi connectivity index (χ4n) is 1.73. The maximum atomic E-state index is 11.9. The highest BCUT2D eigenvalue weighted by Crippen LogP contribution is 2.32. The Morgan fingerprint density at radius 1 is 1.41 bits per heavy atom. The van der Waals surface area contributed by atoms with Crippen molar-refractivity contribution in [2.24, 2.45) is 5.92 Å². The van der Waals surface area contributed by atoms with Gasteiger partial charge in [-0.05, 0) is 68.2 Å². The van der Waals surface area contributed by atoms with Crippen LogP contribution in [0, 0.1) is 5.92 Å². The van der Waals surface area contributed by atoms with Gasteiger partial charge in [0.25, 0.3) is 5.91 Å². The Morgan fingerprint density at radius 3 is 2.71 bits per heavy atom. The van der Waals surface area contributed by atoms with E-state index in [0.717, 1.165) is 19.7 Å². The van der Waals surface area contributed by atoms with Crippen molar-refractivity contribution in [3.05, 3.63) is 19.2 Å². The van der Waals surface area contributed by atoms with E-state index in [0.29, 0.717) is 5.92 Å². The molecule has 1 aromatic rings. The molecule has 0 spiro atoms. The molecule has 1 aromatic heterocycles. The van der Waals surface area contributed by atoms with E-state index in [1.807, 2.05) is 17.8 Å². The first-order valence-corrected chi connectivity index (χ1v) is 9.03. The molecule has 0 aliphatic carbocycles. The monoisotopic (exact) mass is 397 g/mol. The lowest BCUT2D eigenvalue weighted by Gasteiger charge is -2.21. The molecular formula is C11H13Br2NOS2. The molecule has 1 saturated heterocycles. The minimum atomic E-state index is 0.0413. The Morgan fingerprint density at radius 2 is 2.12 bits per heavy atom. The van der Waals surface area contributed by atoms with Crippen LogP contribution in [0.5, 0.6) is 0 Å². The molecule has 1 fully saturated rings. The van der Waals surface area contributed by atoms with Crippen LogP contribution >= 0.6 is 55.0 Å². The molecule has 1 N–H and O–H groups in total. The van der Waals surface area contributed by atoms with Gasteiger partial charge in [0.15, 0.2) is 0 Å². The lowest BCUT2D eigenvalue weighted by molar-refractivity contribution is 0.0950. The summed E-state index contributed by atoms with van der Waals surface area (Å²) in [6.45, 7) is 0.812. The normalized spacial score (nSPS) is 17.1. The van der Waals surface area contributed by atoms with Gasteiger partial charge in [0.05, 0.1) is 8.66 Å². The predicted octanol–water partition coefficient (Wildman–Crippen LogP) is 4.15. The summed E-state index contributed by atoms with van der Waals surface area (Å²) in [4.78, 5) is 12.7. The Balaban J connectivity index is 1.84. The summed E-state index contributed by atoms with van der Waals surface area (Å²) in [6.07, 6.45) is 2.45. The molecule has 2 rings (SSSR count). The highest BCUT2D eigenvalue weighted by atomic mass is 79.9. The molecular weight excluding hydrogens is 386 g/mol. The van der Waals surface area contributed by atoms with E-state index in [9.17, 15) is 4.79 Å². The van der Waals surface area contributed by atoms with Crippen molar-refractivity contribution >= 4 is 60.9 Å². The lowest BCUT2D eigenvalue weighted by Crippen LogP contribution is -2.30. The van der Waals surface area contributed by atoms with E-state index in [4.69, 9.17) is 0 Å². The van der Waals surface area contributed by atoms with Gasteiger partial charge in [-0.15, -0.1) is 11.3 Å². The Bertz CT molecular complexity index is 383. The Kier molecular flexibility index (Phi) is 5.39. The van der Waals surface area contributed by atoms with Crippen LogP contribution in [0.1, 0.15) is 22.5 Å². The SMILES string of the molecule is O=C(NCC1CCSCC1)c1cc(Br)c(Br)s1. The molecule has 6 heteroatoms. The summed E-state index contributed by atoms with van der Waals surface area (Å²) in [5.74, 6) is 3.17. The van der Waals surface area contributed by atoms with Gasteiger partial charge in [-0.1, -0.05) is 0 Å². The highest BCUT2D eigenvalue weighted by Gasteiger charge is 2.16. The summed E-state index contributed by atoms with van der Waals surface area (Å²) in [6, 6.07) is 1.86. The molecule has 2 heterocycles. The third-order valence-electron chi connectivity index (χ3n) is 2.76. The van der Waals surface area contributed by atoms with Crippen molar-refractivity contribution in [2.45, 2.75) is 12.8 Å². The first-order valence-electron chi connectivity index (χ1n) is 5.47. The number of thiophene rings is 1. The number of amides is 1. The van der Waals surface area contributed by atoms with Crippen LogP contribution < -0.4 is 5.32 Å². The van der Waals surface area contributed by atoms with Crippen molar-refractivity contribution < 1.29 is 4.79 Å². The second kappa shape index (κ2) is 6.59. The van der Waals surface area contributed by atoms with Crippen molar-refractivity contribution in [1.82, 2.24) is 5.32 Å². The standard InChI is InChI=1S/C11H13Br2NOS2/c12-8-5-9(17-10(8)13)11(15)14-6-7-1-3-16-4-2-7/h5,7H,1-4,6H2,(H,14,15). The van der Waals surface area contributed by atoms with E-state index in [1.54, 1.807) is 0 Å². The van der Waals surface area contributed by atoms with Gasteiger partial charge in [0.1, 0.15) is 0 Å². The van der Waals surface area contributed by atoms with E-state index >= 15 is 0 Å². The van der Waals surface area contributed by atoms with Gasteiger partial charge in [-0.2, -0.15) is 11.8 Å². The van der Waals surface area contributed by atoms with Crippen LogP contribution in [0.15, 0.2) is 14.3 Å². The zero-order valence-corrected chi connectivity index (χ0v) is 14.0. The average molecular weight is 399 g/mol. The number of rotatable bonds is 3. The molecule has 17 heavy (non-hydrogen) atoms. The van der Waals surface area contributed by atoms with E-state index in [1.165, 1.54) is 35.7 Å². The number of hydrogen-bond acceptors (Lipinski definition) is 3. The number of hydrogen-bond donors (Lipinski definition) is 1. The first kappa shape index (κ1) is 13.9. The molecule has 2 nitrogen and oxygen atoms in total. The molecule has 1 aliphatic heterocycles. The van der Waals surface area contributed by atoms with Crippen molar-refractivity contribution in [1.29, 1.82) is 0 Å². The largest absolute Gasteiger partial charge is 0.351 e. The number of thioether (sulfide) groups is 1. The Labute approximate surface area is 126 Å². The summed E-state index contributed by atoms with van der Waals surface area (Å²) in [5.41, 5.74) is 0. The van der Waals surface area contributed by atoms with Crippen molar-refractivity contribution in [2.75, 3.05) is 18.1 Å². The smallest absolute Gasteiger partial charge is 0.261 e. The van der Waals surface area contributed by atoms with E-state index in [2.05, 4.69) is 37.2 Å². The number of carbonyl (C=O) groups excluding carboxylic acids is 1. The topological polar surface area (TPSA) is 29.1 Å². The summed E-state index contributed by atoms with van der Waals surface area (Å²) in [5, 5.41) is 3.03. The zero-order chi connectivity index (χ0) is 12.3. The highest BCUT2D eigenvalue weighted by molar-refractivity contribution is 9.13. The van der Waals surface area contributed by atoms with Crippen LogP contribution in [-0.2, 0) is 0 Å². The second-order valence-corrected chi connectivity index (χ2v) is 8.45. The third kappa shape index (κ3) is 3.98. The third-order valence-corrected chi connectivity index (χ3v) is 7.06. The number of carbonyl (C=O) groups is 1. The Hall–Kier alpha value is 0.480. The summed E-state index contributed by atoms with van der Waals surface area (Å²) in [7, 11) is 0. The van der Waals surface area contributed by atoms with Gasteiger partial charge in [-0.3, -0.25) is 4.79 Å². The maximum absolute atomic E-state index is 11.9. The van der Waals surface area contributed by atoms with E-state index < -0.39 is 0 Å². The van der Waals surface area contributed by atoms with Gasteiger partial charge < -0.3 is 5.32 Å². The van der Waals surface area contributed by atoms with Crippen LogP contribution in [0.3, 0.4) is 0 Å². The van der Waals surface area contributed by atoms with Crippen molar-refractivity contribution in [3.8, 4) is 0 Å². The van der Waals surface area contributed by atoms with Crippen LogP contribution in [0.2, 0.25) is 0 Å². The molecule has 0 atom stereocenters. The average Bonchev–Trinajstić information content (AvgIpc) is 2.68. The lowest BCUT2D eigenvalue weighted by atomic mass is 10.0. The summed E-state index contributed by atoms with van der Waals surface area (Å²) >= 11 is 10.3. The molecule has 0 radical (unpaired) electrons. The van der Waals surface area contributed by atoms with Crippen LogP contribution in [0.4, 0.5) is 0 Å². The van der Waals surface area contributed by atoms with Crippen LogP contribution in [-0.4, -0.2) is 24.0 Å². The first-order chi connectivity index (χ1) is 8.16. The molecule has 0 bridgehead atoms. The quantitative estimate of drug-likeness (QED) is 0.828. The molecule has 94 valence electrons. The number of nitrogens with one attached hydrogen (secondary N) is 1. The van der Waals surface area contributed by atoms with E-state index in [-0.39, 0.29) is 5.91 Å². The maximum Gasteiger partial charge on any atom is 0.261 e. The van der Waals surface area contributed by atoms with Gasteiger partial charge in [0.2, 0.25) is 0 Å². The molecule has 0 saturated carbocycles. The fraction of sp³-hybridized carbons (Fsp3) is 0.545. The minimum absolute atomic E-state index is 0.0413. The zero-order valence-electron chi connectivity index (χ0n) is 9.17. The molecule has 1 aliphatic rings. The molecule has 0 unspecified atom stereocenters. The number of halogens is 2. The van der Waals surface area contributed by atoms with Gasteiger partial charge >= 0.3 is 0 Å². The summed E-state index contributed by atoms with van der Waals surface area (Å²) < 4.78 is 1.92. The second-order valence-electron chi connectivity index (χ2n) is 4.00. The minimum Gasteiger partial charge on any atom is -0.351 e. The van der Waals surface area contributed by atoms with Crippen LogP contribution in [0.25, 0.3) is 0 Å². The molecule has 0 aromatic carbocycles.